The van der Waals surface area contributed by atoms with Gasteiger partial charge in [0.25, 0.3) is 5.91 Å². The van der Waals surface area contributed by atoms with Crippen molar-refractivity contribution in [2.45, 2.75) is 4.90 Å². The average molecular weight is 402 g/mol. The fourth-order valence-electron chi connectivity index (χ4n) is 3.00. The highest BCUT2D eigenvalue weighted by Crippen LogP contribution is 2.13. The summed E-state index contributed by atoms with van der Waals surface area (Å²) < 4.78 is 22.5. The monoisotopic (exact) mass is 402 g/mol. The van der Waals surface area contributed by atoms with Crippen molar-refractivity contribution in [2.75, 3.05) is 38.0 Å². The lowest BCUT2D eigenvalue weighted by Crippen LogP contribution is -2.50. The largest absolute Gasteiger partial charge is 0.336 e. The zero-order chi connectivity index (χ0) is 20.1. The average Bonchev–Trinajstić information content (AvgIpc) is 2.68. The molecule has 9 heteroatoms. The number of benzene rings is 2. The smallest absolute Gasteiger partial charge is 0.253 e. The summed E-state index contributed by atoms with van der Waals surface area (Å²) in [5.74, 6) is -0.203. The summed E-state index contributed by atoms with van der Waals surface area (Å²) in [4.78, 5) is 28.4. The minimum atomic E-state index is -3.76. The predicted molar refractivity (Wildman–Crippen MR) is 105 cm³/mol. The second kappa shape index (κ2) is 8.51. The van der Waals surface area contributed by atoms with Crippen LogP contribution in [-0.4, -0.2) is 62.8 Å². The molecule has 1 heterocycles. The van der Waals surface area contributed by atoms with E-state index in [0.717, 1.165) is 0 Å². The maximum atomic E-state index is 12.4. The molecule has 8 nitrogen and oxygen atoms in total. The second-order valence-corrected chi connectivity index (χ2v) is 8.11. The number of nitrogens with two attached hydrogens (primary N) is 1. The van der Waals surface area contributed by atoms with Gasteiger partial charge >= 0.3 is 0 Å². The summed E-state index contributed by atoms with van der Waals surface area (Å²) in [6.45, 7) is 2.53. The van der Waals surface area contributed by atoms with E-state index in [1.165, 1.54) is 24.3 Å². The third-order valence-electron chi connectivity index (χ3n) is 4.51. The van der Waals surface area contributed by atoms with Gasteiger partial charge in [0.05, 0.1) is 11.4 Å². The Balaban J connectivity index is 1.48. The van der Waals surface area contributed by atoms with E-state index in [0.29, 0.717) is 37.4 Å². The van der Waals surface area contributed by atoms with Gasteiger partial charge in [-0.2, -0.15) is 0 Å². The molecule has 3 rings (SSSR count). The number of sulfonamides is 1. The summed E-state index contributed by atoms with van der Waals surface area (Å²) in [7, 11) is -3.76. The molecule has 0 atom stereocenters. The van der Waals surface area contributed by atoms with Crippen LogP contribution in [0.2, 0.25) is 0 Å². The molecule has 1 fully saturated rings. The molecule has 0 radical (unpaired) electrons. The molecule has 3 N–H and O–H groups in total. The molecule has 1 saturated heterocycles. The van der Waals surface area contributed by atoms with Crippen LogP contribution in [0, 0.1) is 0 Å². The van der Waals surface area contributed by atoms with Crippen molar-refractivity contribution in [3.05, 3.63) is 60.2 Å². The van der Waals surface area contributed by atoms with Crippen molar-refractivity contribution < 1.29 is 18.0 Å². The molecule has 0 aliphatic carbocycles. The maximum Gasteiger partial charge on any atom is 0.253 e. The molecule has 2 aromatic rings. The van der Waals surface area contributed by atoms with E-state index in [4.69, 9.17) is 5.14 Å². The Hall–Kier alpha value is -2.75. The van der Waals surface area contributed by atoms with Crippen LogP contribution in [0.3, 0.4) is 0 Å². The highest BCUT2D eigenvalue weighted by Gasteiger charge is 2.23. The van der Waals surface area contributed by atoms with Crippen molar-refractivity contribution >= 4 is 27.5 Å². The number of nitrogens with one attached hydrogen (secondary N) is 1. The summed E-state index contributed by atoms with van der Waals surface area (Å²) >= 11 is 0. The number of anilines is 1. The number of nitrogens with zero attached hydrogens (tertiary/aromatic N) is 2. The first-order valence-corrected chi connectivity index (χ1v) is 10.4. The van der Waals surface area contributed by atoms with Crippen LogP contribution >= 0.6 is 0 Å². The summed E-state index contributed by atoms with van der Waals surface area (Å²) in [6, 6.07) is 14.8. The molecule has 1 aliphatic rings. The number of hydrogen-bond donors (Lipinski definition) is 2. The van der Waals surface area contributed by atoms with Crippen LogP contribution in [0.1, 0.15) is 10.4 Å². The number of hydrogen-bond acceptors (Lipinski definition) is 5. The maximum absolute atomic E-state index is 12.4. The van der Waals surface area contributed by atoms with Crippen molar-refractivity contribution in [3.8, 4) is 0 Å². The lowest BCUT2D eigenvalue weighted by atomic mass is 10.2. The molecule has 0 spiro atoms. The van der Waals surface area contributed by atoms with Gasteiger partial charge in [-0.05, 0) is 36.4 Å². The molecular weight excluding hydrogens is 380 g/mol. The van der Waals surface area contributed by atoms with E-state index in [1.54, 1.807) is 17.0 Å². The Morgan fingerprint density at radius 1 is 0.929 bits per heavy atom. The minimum absolute atomic E-state index is 0.000327. The predicted octanol–water partition coefficient (Wildman–Crippen LogP) is 0.731. The number of carbonyl (C=O) groups is 2. The zero-order valence-electron chi connectivity index (χ0n) is 15.2. The van der Waals surface area contributed by atoms with E-state index < -0.39 is 10.0 Å². The second-order valence-electron chi connectivity index (χ2n) is 6.55. The molecule has 0 saturated carbocycles. The molecule has 0 bridgehead atoms. The lowest BCUT2D eigenvalue weighted by molar-refractivity contribution is -0.117. The number of rotatable bonds is 5. The molecule has 2 amide bonds. The molecule has 1 aliphatic heterocycles. The topological polar surface area (TPSA) is 113 Å². The first-order chi connectivity index (χ1) is 13.3. The van der Waals surface area contributed by atoms with Gasteiger partial charge in [-0.3, -0.25) is 14.5 Å². The standard InChI is InChI=1S/C19H22N4O4S/c20-28(26,27)17-8-6-16(7-9-17)21-18(24)14-22-10-12-23(13-11-22)19(25)15-4-2-1-3-5-15/h1-9H,10-14H2,(H,21,24)(H2,20,26,27). The van der Waals surface area contributed by atoms with Crippen LogP contribution < -0.4 is 10.5 Å². The summed E-state index contributed by atoms with van der Waals surface area (Å²) in [5.41, 5.74) is 1.16. The van der Waals surface area contributed by atoms with Gasteiger partial charge in [0.2, 0.25) is 15.9 Å². The van der Waals surface area contributed by atoms with Crippen LogP contribution in [0.25, 0.3) is 0 Å². The van der Waals surface area contributed by atoms with Crippen molar-refractivity contribution in [3.63, 3.8) is 0 Å². The number of carbonyl (C=O) groups excluding carboxylic acids is 2. The molecule has 0 aromatic heterocycles. The van der Waals surface area contributed by atoms with Crippen molar-refractivity contribution in [1.29, 1.82) is 0 Å². The number of primary sulfonamides is 1. The SMILES string of the molecule is NS(=O)(=O)c1ccc(NC(=O)CN2CCN(C(=O)c3ccccc3)CC2)cc1. The highest BCUT2D eigenvalue weighted by molar-refractivity contribution is 7.89. The van der Waals surface area contributed by atoms with Crippen molar-refractivity contribution in [1.82, 2.24) is 9.80 Å². The van der Waals surface area contributed by atoms with E-state index >= 15 is 0 Å². The fraction of sp³-hybridized carbons (Fsp3) is 0.263. The Morgan fingerprint density at radius 3 is 2.11 bits per heavy atom. The first-order valence-electron chi connectivity index (χ1n) is 8.82. The quantitative estimate of drug-likeness (QED) is 0.766. The third kappa shape index (κ3) is 5.16. The Morgan fingerprint density at radius 2 is 1.54 bits per heavy atom. The van der Waals surface area contributed by atoms with E-state index in [-0.39, 0.29) is 23.3 Å². The van der Waals surface area contributed by atoms with Crippen molar-refractivity contribution in [2.24, 2.45) is 5.14 Å². The van der Waals surface area contributed by atoms with Gasteiger partial charge in [-0.15, -0.1) is 0 Å². The molecule has 0 unspecified atom stereocenters. The van der Waals surface area contributed by atoms with Gasteiger partial charge in [-0.25, -0.2) is 13.6 Å². The molecular formula is C19H22N4O4S. The van der Waals surface area contributed by atoms with E-state index in [1.807, 2.05) is 23.1 Å². The van der Waals surface area contributed by atoms with Gasteiger partial charge < -0.3 is 10.2 Å². The van der Waals surface area contributed by atoms with Gasteiger partial charge in [0.15, 0.2) is 0 Å². The highest BCUT2D eigenvalue weighted by atomic mass is 32.2. The van der Waals surface area contributed by atoms with Gasteiger partial charge in [-0.1, -0.05) is 18.2 Å². The minimum Gasteiger partial charge on any atom is -0.336 e. The molecule has 28 heavy (non-hydrogen) atoms. The van der Waals surface area contributed by atoms with Crippen LogP contribution in [0.15, 0.2) is 59.5 Å². The first kappa shape index (κ1) is 20.0. The number of piperazine rings is 1. The normalized spacial score (nSPS) is 15.2. The van der Waals surface area contributed by atoms with Crippen LogP contribution in [-0.2, 0) is 14.8 Å². The van der Waals surface area contributed by atoms with Gasteiger partial charge in [0, 0.05) is 37.4 Å². The van der Waals surface area contributed by atoms with Crippen LogP contribution in [0.5, 0.6) is 0 Å². The third-order valence-corrected chi connectivity index (χ3v) is 5.44. The number of amides is 2. The van der Waals surface area contributed by atoms with E-state index in [9.17, 15) is 18.0 Å². The Kier molecular flexibility index (Phi) is 6.08. The zero-order valence-corrected chi connectivity index (χ0v) is 16.1. The Labute approximate surface area is 164 Å². The molecule has 148 valence electrons. The Bertz CT molecular complexity index is 938. The summed E-state index contributed by atoms with van der Waals surface area (Å²) in [6.07, 6.45) is 0. The summed E-state index contributed by atoms with van der Waals surface area (Å²) in [5, 5.41) is 7.78. The van der Waals surface area contributed by atoms with Crippen LogP contribution in [0.4, 0.5) is 5.69 Å². The fourth-order valence-corrected chi connectivity index (χ4v) is 3.52. The van der Waals surface area contributed by atoms with Gasteiger partial charge in [0.1, 0.15) is 0 Å². The lowest BCUT2D eigenvalue weighted by Gasteiger charge is -2.34. The molecule has 2 aromatic carbocycles. The van der Waals surface area contributed by atoms with E-state index in [2.05, 4.69) is 5.32 Å².